The van der Waals surface area contributed by atoms with Crippen LogP contribution in [-0.2, 0) is 4.79 Å². The fourth-order valence-electron chi connectivity index (χ4n) is 4.02. The lowest BCUT2D eigenvalue weighted by atomic mass is 10.1. The zero-order valence-electron chi connectivity index (χ0n) is 17.3. The van der Waals surface area contributed by atoms with Crippen LogP contribution in [0.2, 0.25) is 0 Å². The molecule has 2 aliphatic rings. The number of nitrogens with zero attached hydrogens (tertiary/aromatic N) is 3. The van der Waals surface area contributed by atoms with E-state index in [1.165, 1.54) is 32.1 Å². The summed E-state index contributed by atoms with van der Waals surface area (Å²) in [6.45, 7) is 3.05. The second-order valence-corrected chi connectivity index (χ2v) is 8.09. The van der Waals surface area contributed by atoms with Crippen molar-refractivity contribution >= 4 is 11.9 Å². The molecule has 0 radical (unpaired) electrons. The number of aliphatic imine (C=N–C) groups is 1. The van der Waals surface area contributed by atoms with Gasteiger partial charge in [-0.3, -0.25) is 9.69 Å². The molecule has 1 aliphatic heterocycles. The molecule has 2 heterocycles. The van der Waals surface area contributed by atoms with Crippen LogP contribution in [0.25, 0.3) is 0 Å². The second-order valence-electron chi connectivity index (χ2n) is 8.09. The number of nitrogens with one attached hydrogen (secondary N) is 2. The van der Waals surface area contributed by atoms with Crippen LogP contribution in [0.1, 0.15) is 56.7 Å². The van der Waals surface area contributed by atoms with E-state index >= 15 is 0 Å². The minimum Gasteiger partial charge on any atom is -0.468 e. The molecule has 3 rings (SSSR count). The largest absolute Gasteiger partial charge is 0.468 e. The first-order chi connectivity index (χ1) is 13.6. The Labute approximate surface area is 168 Å². The summed E-state index contributed by atoms with van der Waals surface area (Å²) in [5, 5.41) is 7.03. The molecule has 28 heavy (non-hydrogen) atoms. The van der Waals surface area contributed by atoms with Crippen LogP contribution in [0.3, 0.4) is 0 Å². The van der Waals surface area contributed by atoms with Crippen molar-refractivity contribution in [2.45, 2.75) is 57.0 Å². The van der Waals surface area contributed by atoms with Gasteiger partial charge in [-0.2, -0.15) is 0 Å². The number of likely N-dealkylation sites (N-methyl/N-ethyl adjacent to an activating group) is 1. The molecule has 1 aliphatic carbocycles. The molecule has 156 valence electrons. The Morgan fingerprint density at radius 1 is 1.25 bits per heavy atom. The summed E-state index contributed by atoms with van der Waals surface area (Å²) in [5.74, 6) is 1.72. The lowest BCUT2D eigenvalue weighted by Gasteiger charge is -2.34. The van der Waals surface area contributed by atoms with E-state index < -0.39 is 0 Å². The molecule has 1 aromatic heterocycles. The van der Waals surface area contributed by atoms with Crippen molar-refractivity contribution in [2.24, 2.45) is 4.99 Å². The molecule has 1 unspecified atom stereocenters. The van der Waals surface area contributed by atoms with Crippen molar-refractivity contribution in [3.05, 3.63) is 24.2 Å². The highest BCUT2D eigenvalue weighted by Crippen LogP contribution is 2.24. The van der Waals surface area contributed by atoms with Crippen molar-refractivity contribution < 1.29 is 9.21 Å². The smallest absolute Gasteiger partial charge is 0.243 e. The molecular formula is C21H35N5O2. The van der Waals surface area contributed by atoms with Crippen LogP contribution in [0.4, 0.5) is 0 Å². The van der Waals surface area contributed by atoms with Crippen LogP contribution >= 0.6 is 0 Å². The van der Waals surface area contributed by atoms with Crippen LogP contribution in [0.15, 0.2) is 27.8 Å². The highest BCUT2D eigenvalue weighted by molar-refractivity contribution is 5.85. The summed E-state index contributed by atoms with van der Waals surface area (Å²) in [7, 11) is 3.53. The van der Waals surface area contributed by atoms with Crippen molar-refractivity contribution in [3.63, 3.8) is 0 Å². The summed E-state index contributed by atoms with van der Waals surface area (Å²) in [4.78, 5) is 20.6. The van der Waals surface area contributed by atoms with E-state index in [1.54, 1.807) is 25.3 Å². The Bertz CT molecular complexity index is 617. The molecule has 2 N–H and O–H groups in total. The first-order valence-corrected chi connectivity index (χ1v) is 10.7. The average Bonchev–Trinajstić information content (AvgIpc) is 3.41. The minimum atomic E-state index is 0.00568. The van der Waals surface area contributed by atoms with Gasteiger partial charge in [0.25, 0.3) is 0 Å². The number of likely N-dealkylation sites (tertiary alicyclic amines) is 1. The van der Waals surface area contributed by atoms with Crippen LogP contribution in [-0.4, -0.2) is 68.0 Å². The van der Waals surface area contributed by atoms with Crippen LogP contribution in [0.5, 0.6) is 0 Å². The fourth-order valence-corrected chi connectivity index (χ4v) is 4.02. The molecule has 1 aromatic rings. The van der Waals surface area contributed by atoms with Gasteiger partial charge in [0.2, 0.25) is 5.91 Å². The van der Waals surface area contributed by atoms with E-state index in [1.807, 2.05) is 6.07 Å². The number of hydrogen-bond donors (Lipinski definition) is 2. The third-order valence-electron chi connectivity index (χ3n) is 5.73. The predicted octanol–water partition coefficient (Wildman–Crippen LogP) is 2.37. The Balaban J connectivity index is 1.66. The van der Waals surface area contributed by atoms with Gasteiger partial charge in [-0.05, 0) is 50.9 Å². The van der Waals surface area contributed by atoms with E-state index in [4.69, 9.17) is 4.42 Å². The SMILES string of the molecule is CN(C)C(=O)CN=C(NCC(c1ccco1)N1CCCCC1)NC1CCCC1. The number of rotatable bonds is 7. The first-order valence-electron chi connectivity index (χ1n) is 10.7. The van der Waals surface area contributed by atoms with Gasteiger partial charge in [0, 0.05) is 26.7 Å². The lowest BCUT2D eigenvalue weighted by molar-refractivity contribution is -0.127. The molecule has 0 spiro atoms. The molecule has 1 atom stereocenters. The number of guanidine groups is 1. The number of hydrogen-bond acceptors (Lipinski definition) is 4. The van der Waals surface area contributed by atoms with Gasteiger partial charge < -0.3 is 20.0 Å². The Kier molecular flexibility index (Phi) is 7.77. The third kappa shape index (κ3) is 5.99. The topological polar surface area (TPSA) is 73.1 Å². The van der Waals surface area contributed by atoms with Gasteiger partial charge in [0.05, 0.1) is 12.3 Å². The number of carbonyl (C=O) groups is 1. The number of carbonyl (C=O) groups excluding carboxylic acids is 1. The Hall–Kier alpha value is -2.02. The first kappa shape index (κ1) is 20.7. The van der Waals surface area contributed by atoms with Crippen molar-refractivity contribution in [1.82, 2.24) is 20.4 Å². The van der Waals surface area contributed by atoms with Crippen LogP contribution in [0, 0.1) is 0 Å². The third-order valence-corrected chi connectivity index (χ3v) is 5.73. The zero-order valence-corrected chi connectivity index (χ0v) is 17.3. The molecule has 0 bridgehead atoms. The van der Waals surface area contributed by atoms with E-state index in [0.29, 0.717) is 12.6 Å². The van der Waals surface area contributed by atoms with Gasteiger partial charge in [-0.15, -0.1) is 0 Å². The van der Waals surface area contributed by atoms with Crippen molar-refractivity contribution in [1.29, 1.82) is 0 Å². The summed E-state index contributed by atoms with van der Waals surface area (Å²) >= 11 is 0. The van der Waals surface area contributed by atoms with Crippen molar-refractivity contribution in [3.8, 4) is 0 Å². The molecule has 7 nitrogen and oxygen atoms in total. The van der Waals surface area contributed by atoms with E-state index in [9.17, 15) is 4.79 Å². The molecule has 7 heteroatoms. The standard InChI is InChI=1S/C21H35N5O2/c1-25(2)20(27)16-23-21(24-17-9-4-5-10-17)22-15-18(19-11-8-14-28-19)26-12-6-3-7-13-26/h8,11,14,17-18H,3-7,9-10,12-13,15-16H2,1-2H3,(H2,22,23,24). The highest BCUT2D eigenvalue weighted by Gasteiger charge is 2.25. The summed E-state index contributed by atoms with van der Waals surface area (Å²) in [6.07, 6.45) is 10.3. The quantitative estimate of drug-likeness (QED) is 0.553. The summed E-state index contributed by atoms with van der Waals surface area (Å²) < 4.78 is 5.74. The average molecular weight is 390 g/mol. The molecular weight excluding hydrogens is 354 g/mol. The molecule has 0 aromatic carbocycles. The van der Waals surface area contributed by atoms with Crippen LogP contribution < -0.4 is 10.6 Å². The summed E-state index contributed by atoms with van der Waals surface area (Å²) in [5.41, 5.74) is 0. The zero-order chi connectivity index (χ0) is 19.8. The highest BCUT2D eigenvalue weighted by atomic mass is 16.3. The fraction of sp³-hybridized carbons (Fsp3) is 0.714. The number of furan rings is 1. The Morgan fingerprint density at radius 2 is 2.00 bits per heavy atom. The molecule has 2 fully saturated rings. The number of amides is 1. The second kappa shape index (κ2) is 10.5. The number of piperidine rings is 1. The van der Waals surface area contributed by atoms with Crippen molar-refractivity contribution in [2.75, 3.05) is 40.3 Å². The van der Waals surface area contributed by atoms with Gasteiger partial charge in [-0.25, -0.2) is 4.99 Å². The monoisotopic (exact) mass is 389 g/mol. The van der Waals surface area contributed by atoms with E-state index in [2.05, 4.69) is 26.6 Å². The van der Waals surface area contributed by atoms with E-state index in [0.717, 1.165) is 37.7 Å². The molecule has 1 saturated carbocycles. The lowest BCUT2D eigenvalue weighted by Crippen LogP contribution is -2.47. The van der Waals surface area contributed by atoms with E-state index in [-0.39, 0.29) is 18.5 Å². The molecule has 1 amide bonds. The van der Waals surface area contributed by atoms with Gasteiger partial charge in [0.15, 0.2) is 5.96 Å². The normalized spacial score (nSPS) is 20.1. The molecule has 1 saturated heterocycles. The maximum atomic E-state index is 12.0. The predicted molar refractivity (Wildman–Crippen MR) is 111 cm³/mol. The Morgan fingerprint density at radius 3 is 2.64 bits per heavy atom. The van der Waals surface area contributed by atoms with Gasteiger partial charge >= 0.3 is 0 Å². The summed E-state index contributed by atoms with van der Waals surface area (Å²) in [6, 6.07) is 4.62. The maximum Gasteiger partial charge on any atom is 0.243 e. The van der Waals surface area contributed by atoms with Gasteiger partial charge in [-0.1, -0.05) is 19.3 Å². The minimum absolute atomic E-state index is 0.00568. The maximum absolute atomic E-state index is 12.0. The van der Waals surface area contributed by atoms with Gasteiger partial charge in [0.1, 0.15) is 12.3 Å².